The summed E-state index contributed by atoms with van der Waals surface area (Å²) in [7, 11) is 4.27. The maximum absolute atomic E-state index is 13.5. The number of amides is 2. The van der Waals surface area contributed by atoms with Gasteiger partial charge < -0.3 is 14.2 Å². The lowest BCUT2D eigenvalue weighted by Crippen LogP contribution is -2.42. The Balaban J connectivity index is 1.99. The van der Waals surface area contributed by atoms with Crippen LogP contribution in [-0.4, -0.2) is 38.9 Å². The van der Waals surface area contributed by atoms with E-state index in [0.717, 1.165) is 11.8 Å². The first-order valence-electron chi connectivity index (χ1n) is 7.77. The van der Waals surface area contributed by atoms with E-state index >= 15 is 0 Å². The van der Waals surface area contributed by atoms with Crippen LogP contribution < -0.4 is 25.1 Å². The molecule has 0 saturated heterocycles. The fourth-order valence-corrected chi connectivity index (χ4v) is 2.95. The van der Waals surface area contributed by atoms with E-state index in [0.29, 0.717) is 10.6 Å². The molecule has 9 heteroatoms. The average Bonchev–Trinajstić information content (AvgIpc) is 2.69. The molecule has 0 aliphatic rings. The van der Waals surface area contributed by atoms with Crippen LogP contribution >= 0.6 is 11.8 Å². The summed E-state index contributed by atoms with van der Waals surface area (Å²) in [6.45, 7) is 0. The Hall–Kier alpha value is -2.94. The maximum Gasteiger partial charge on any atom is 0.273 e. The Morgan fingerprint density at radius 1 is 0.963 bits per heavy atom. The van der Waals surface area contributed by atoms with Crippen molar-refractivity contribution >= 4 is 23.6 Å². The van der Waals surface area contributed by atoms with E-state index in [-0.39, 0.29) is 22.8 Å². The van der Waals surface area contributed by atoms with Gasteiger partial charge in [-0.25, -0.2) is 4.39 Å². The van der Waals surface area contributed by atoms with Gasteiger partial charge in [-0.3, -0.25) is 20.4 Å². The molecular weight excluding hydrogens is 375 g/mol. The van der Waals surface area contributed by atoms with Gasteiger partial charge in [0.2, 0.25) is 11.7 Å². The Kier molecular flexibility index (Phi) is 7.30. The lowest BCUT2D eigenvalue weighted by molar-refractivity contribution is -0.119. The number of carbonyl (C=O) groups is 2. The van der Waals surface area contributed by atoms with E-state index < -0.39 is 17.6 Å². The molecule has 0 fully saturated rings. The molecule has 0 aliphatic heterocycles. The highest BCUT2D eigenvalue weighted by Crippen LogP contribution is 2.39. The highest BCUT2D eigenvalue weighted by molar-refractivity contribution is 8.00. The normalized spacial score (nSPS) is 10.1. The van der Waals surface area contributed by atoms with Crippen molar-refractivity contribution in [3.05, 3.63) is 47.8 Å². The summed E-state index contributed by atoms with van der Waals surface area (Å²) in [5, 5.41) is 0. The van der Waals surface area contributed by atoms with Gasteiger partial charge in [-0.15, -0.1) is 11.8 Å². The van der Waals surface area contributed by atoms with Crippen LogP contribution in [0.3, 0.4) is 0 Å². The van der Waals surface area contributed by atoms with Gasteiger partial charge in [0.15, 0.2) is 11.5 Å². The molecule has 0 aromatic heterocycles. The van der Waals surface area contributed by atoms with E-state index in [1.54, 1.807) is 24.3 Å². The predicted molar refractivity (Wildman–Crippen MR) is 98.8 cm³/mol. The minimum Gasteiger partial charge on any atom is -0.493 e. The summed E-state index contributed by atoms with van der Waals surface area (Å²) in [5.74, 6) is -0.735. The summed E-state index contributed by atoms with van der Waals surface area (Å²) >= 11 is 1.02. The van der Waals surface area contributed by atoms with Gasteiger partial charge in [-0.2, -0.15) is 0 Å². The van der Waals surface area contributed by atoms with Gasteiger partial charge in [-0.1, -0.05) is 12.1 Å². The molecule has 7 nitrogen and oxygen atoms in total. The molecule has 0 heterocycles. The molecule has 0 radical (unpaired) electrons. The number of ether oxygens (including phenoxy) is 3. The zero-order chi connectivity index (χ0) is 19.8. The first-order chi connectivity index (χ1) is 13.0. The second-order valence-corrected chi connectivity index (χ2v) is 6.12. The van der Waals surface area contributed by atoms with E-state index in [1.807, 2.05) is 0 Å². The molecule has 27 heavy (non-hydrogen) atoms. The second kappa shape index (κ2) is 9.67. The number of hydrogen-bond donors (Lipinski definition) is 2. The molecule has 0 bridgehead atoms. The molecule has 2 aromatic carbocycles. The third-order valence-corrected chi connectivity index (χ3v) is 4.51. The monoisotopic (exact) mass is 394 g/mol. The van der Waals surface area contributed by atoms with Crippen molar-refractivity contribution in [1.82, 2.24) is 10.9 Å². The smallest absolute Gasteiger partial charge is 0.273 e. The number of carbonyl (C=O) groups excluding carboxylic acids is 2. The van der Waals surface area contributed by atoms with Crippen molar-refractivity contribution in [2.24, 2.45) is 0 Å². The predicted octanol–water partition coefficient (Wildman–Crippen LogP) is 2.40. The fraction of sp³-hybridized carbons (Fsp3) is 0.222. The largest absolute Gasteiger partial charge is 0.493 e. The summed E-state index contributed by atoms with van der Waals surface area (Å²) in [4.78, 5) is 24.6. The first kappa shape index (κ1) is 20.4. The Morgan fingerprint density at radius 3 is 2.30 bits per heavy atom. The van der Waals surface area contributed by atoms with Crippen LogP contribution in [0.4, 0.5) is 4.39 Å². The van der Waals surface area contributed by atoms with Gasteiger partial charge in [0.1, 0.15) is 5.82 Å². The number of halogens is 1. The zero-order valence-electron chi connectivity index (χ0n) is 15.0. The van der Waals surface area contributed by atoms with Gasteiger partial charge in [0.05, 0.1) is 32.6 Å². The number of nitrogens with one attached hydrogen (secondary N) is 2. The molecule has 0 atom stereocenters. The van der Waals surface area contributed by atoms with Gasteiger partial charge in [-0.05, 0) is 24.3 Å². The highest BCUT2D eigenvalue weighted by atomic mass is 32.2. The Labute approximate surface area is 160 Å². The van der Waals surface area contributed by atoms with Crippen molar-refractivity contribution in [1.29, 1.82) is 0 Å². The zero-order valence-corrected chi connectivity index (χ0v) is 15.8. The molecule has 144 valence electrons. The van der Waals surface area contributed by atoms with Crippen LogP contribution in [-0.2, 0) is 4.79 Å². The third-order valence-electron chi connectivity index (χ3n) is 3.46. The molecule has 0 spiro atoms. The number of hydrazine groups is 1. The molecular formula is C18H19FN2O5S. The van der Waals surface area contributed by atoms with Crippen molar-refractivity contribution in [3.8, 4) is 17.2 Å². The number of methoxy groups -OCH3 is 3. The summed E-state index contributed by atoms with van der Waals surface area (Å²) in [6.07, 6.45) is 0. The second-order valence-electron chi connectivity index (χ2n) is 5.10. The molecule has 2 amide bonds. The van der Waals surface area contributed by atoms with Gasteiger partial charge in [0, 0.05) is 4.90 Å². The number of rotatable bonds is 7. The van der Waals surface area contributed by atoms with Crippen LogP contribution in [0.5, 0.6) is 17.2 Å². The number of benzene rings is 2. The van der Waals surface area contributed by atoms with Gasteiger partial charge >= 0.3 is 0 Å². The topological polar surface area (TPSA) is 85.9 Å². The van der Waals surface area contributed by atoms with Gasteiger partial charge in [0.25, 0.3) is 5.91 Å². The van der Waals surface area contributed by atoms with Crippen molar-refractivity contribution in [2.75, 3.05) is 27.1 Å². The third kappa shape index (κ3) is 5.04. The van der Waals surface area contributed by atoms with E-state index in [1.165, 1.54) is 33.5 Å². The van der Waals surface area contributed by atoms with Crippen molar-refractivity contribution < 1.29 is 28.2 Å². The molecule has 0 unspecified atom stereocenters. The minimum absolute atomic E-state index is 0.0652. The highest BCUT2D eigenvalue weighted by Gasteiger charge is 2.21. The number of hydrogen-bond acceptors (Lipinski definition) is 6. The van der Waals surface area contributed by atoms with Crippen LogP contribution in [0.1, 0.15) is 10.4 Å². The maximum atomic E-state index is 13.5. The average molecular weight is 394 g/mol. The summed E-state index contributed by atoms with van der Waals surface area (Å²) < 4.78 is 29.1. The molecule has 0 saturated carbocycles. The summed E-state index contributed by atoms with van der Waals surface area (Å²) in [5.41, 5.74) is 4.72. The first-order valence-corrected chi connectivity index (χ1v) is 8.75. The van der Waals surface area contributed by atoms with Crippen LogP contribution in [0, 0.1) is 5.82 Å². The lowest BCUT2D eigenvalue weighted by atomic mass is 10.1. The van der Waals surface area contributed by atoms with E-state index in [4.69, 9.17) is 14.2 Å². The molecule has 2 N–H and O–H groups in total. The number of thioether (sulfide) groups is 1. The minimum atomic E-state index is -0.600. The van der Waals surface area contributed by atoms with E-state index in [9.17, 15) is 14.0 Å². The van der Waals surface area contributed by atoms with E-state index in [2.05, 4.69) is 10.9 Å². The lowest BCUT2D eigenvalue weighted by Gasteiger charge is -2.15. The molecule has 0 aliphatic carbocycles. The van der Waals surface area contributed by atoms with Crippen LogP contribution in [0.15, 0.2) is 41.3 Å². The SMILES string of the molecule is COc1ccc(C(=O)NNC(=O)CSc2ccccc2F)c(OC)c1OC. The Bertz CT molecular complexity index is 831. The van der Waals surface area contributed by atoms with Crippen molar-refractivity contribution in [3.63, 3.8) is 0 Å². The Morgan fingerprint density at radius 2 is 1.67 bits per heavy atom. The van der Waals surface area contributed by atoms with Crippen LogP contribution in [0.2, 0.25) is 0 Å². The standard InChI is InChI=1S/C18H19FN2O5S/c1-24-13-9-8-11(16(25-2)17(13)26-3)18(23)21-20-15(22)10-27-14-7-5-4-6-12(14)19/h4-9H,10H2,1-3H3,(H,20,22)(H,21,23). The molecule has 2 aromatic rings. The fourth-order valence-electron chi connectivity index (χ4n) is 2.22. The quantitative estimate of drug-likeness (QED) is 0.554. The van der Waals surface area contributed by atoms with Crippen molar-refractivity contribution in [2.45, 2.75) is 4.90 Å². The van der Waals surface area contributed by atoms with Crippen LogP contribution in [0.25, 0.3) is 0 Å². The summed E-state index contributed by atoms with van der Waals surface area (Å²) in [6, 6.07) is 9.15. The molecule has 2 rings (SSSR count).